The minimum absolute atomic E-state index is 0.238. The van der Waals surface area contributed by atoms with Crippen molar-refractivity contribution in [2.45, 2.75) is 52.7 Å². The lowest BCUT2D eigenvalue weighted by Gasteiger charge is -2.20. The van der Waals surface area contributed by atoms with Crippen LogP contribution in [0.3, 0.4) is 0 Å². The molecule has 0 fully saturated rings. The number of benzene rings is 1. The molecule has 0 saturated carbocycles. The molecular formula is C20H31BrN2O6. The maximum atomic E-state index is 11.6. The van der Waals surface area contributed by atoms with Crippen molar-refractivity contribution in [2.75, 3.05) is 26.3 Å². The fourth-order valence-electron chi connectivity index (χ4n) is 1.97. The lowest BCUT2D eigenvalue weighted by Crippen LogP contribution is -2.35. The molecule has 0 aliphatic heterocycles. The number of nitrogens with one attached hydrogen (secondary N) is 2. The molecule has 0 aromatic heterocycles. The number of hydrogen-bond acceptors (Lipinski definition) is 6. The SMILES string of the molecule is CC(C)(C)OC(=O)NCCOc1ccc(Br)cc1OCCNC(=O)OC(C)(C)C. The van der Waals surface area contributed by atoms with Gasteiger partial charge in [-0.05, 0) is 59.7 Å². The van der Waals surface area contributed by atoms with Gasteiger partial charge in [-0.25, -0.2) is 9.59 Å². The van der Waals surface area contributed by atoms with Crippen LogP contribution in [0, 0.1) is 0 Å². The Bertz CT molecular complexity index is 683. The van der Waals surface area contributed by atoms with Crippen molar-refractivity contribution in [3.05, 3.63) is 22.7 Å². The Morgan fingerprint density at radius 2 is 1.28 bits per heavy atom. The fraction of sp³-hybridized carbons (Fsp3) is 0.600. The molecule has 2 N–H and O–H groups in total. The number of amides is 2. The summed E-state index contributed by atoms with van der Waals surface area (Å²) in [6, 6.07) is 5.35. The van der Waals surface area contributed by atoms with Crippen molar-refractivity contribution in [2.24, 2.45) is 0 Å². The average Bonchev–Trinajstić information content (AvgIpc) is 2.54. The predicted molar refractivity (Wildman–Crippen MR) is 114 cm³/mol. The summed E-state index contributed by atoms with van der Waals surface area (Å²) in [6.45, 7) is 11.8. The normalized spacial score (nSPS) is 11.4. The second-order valence-electron chi connectivity index (χ2n) is 8.15. The van der Waals surface area contributed by atoms with Crippen LogP contribution in [0.15, 0.2) is 22.7 Å². The number of ether oxygens (including phenoxy) is 4. The van der Waals surface area contributed by atoms with E-state index in [9.17, 15) is 9.59 Å². The van der Waals surface area contributed by atoms with E-state index >= 15 is 0 Å². The first kappa shape index (κ1) is 24.9. The van der Waals surface area contributed by atoms with E-state index in [2.05, 4.69) is 26.6 Å². The average molecular weight is 475 g/mol. The second kappa shape index (κ2) is 11.1. The first-order valence-corrected chi connectivity index (χ1v) is 10.1. The van der Waals surface area contributed by atoms with E-state index in [1.54, 1.807) is 53.7 Å². The zero-order valence-corrected chi connectivity index (χ0v) is 19.5. The molecule has 0 bridgehead atoms. The highest BCUT2D eigenvalue weighted by atomic mass is 79.9. The topological polar surface area (TPSA) is 95.1 Å². The summed E-state index contributed by atoms with van der Waals surface area (Å²) in [6.07, 6.45) is -0.998. The first-order chi connectivity index (χ1) is 13.4. The van der Waals surface area contributed by atoms with Crippen LogP contribution < -0.4 is 20.1 Å². The number of carbonyl (C=O) groups excluding carboxylic acids is 2. The first-order valence-electron chi connectivity index (χ1n) is 9.34. The molecule has 29 heavy (non-hydrogen) atoms. The van der Waals surface area contributed by atoms with Crippen molar-refractivity contribution in [3.63, 3.8) is 0 Å². The minimum atomic E-state index is -0.552. The Kier molecular flexibility index (Phi) is 9.55. The minimum Gasteiger partial charge on any atom is -0.488 e. The molecule has 0 heterocycles. The highest BCUT2D eigenvalue weighted by Gasteiger charge is 2.16. The molecule has 0 atom stereocenters. The third-order valence-electron chi connectivity index (χ3n) is 2.96. The van der Waals surface area contributed by atoms with Gasteiger partial charge in [-0.1, -0.05) is 15.9 Å². The van der Waals surface area contributed by atoms with Crippen LogP contribution in [-0.2, 0) is 9.47 Å². The zero-order valence-electron chi connectivity index (χ0n) is 17.9. The Morgan fingerprint density at radius 1 is 0.828 bits per heavy atom. The van der Waals surface area contributed by atoms with Crippen molar-refractivity contribution in [1.29, 1.82) is 0 Å². The number of alkyl carbamates (subject to hydrolysis) is 2. The standard InChI is InChI=1S/C20H31BrN2O6/c1-19(2,3)28-17(24)22-9-11-26-15-8-7-14(21)13-16(15)27-12-10-23-18(25)29-20(4,5)6/h7-8,13H,9-12H2,1-6H3,(H,22,24)(H,23,25). The molecule has 9 heteroatoms. The van der Waals surface area contributed by atoms with E-state index in [0.29, 0.717) is 11.5 Å². The number of halogens is 1. The molecule has 0 unspecified atom stereocenters. The maximum Gasteiger partial charge on any atom is 0.407 e. The Morgan fingerprint density at radius 3 is 1.72 bits per heavy atom. The monoisotopic (exact) mass is 474 g/mol. The zero-order chi connectivity index (χ0) is 22.1. The van der Waals surface area contributed by atoms with Crippen molar-refractivity contribution in [1.82, 2.24) is 10.6 Å². The van der Waals surface area contributed by atoms with Crippen LogP contribution in [-0.4, -0.2) is 49.7 Å². The lowest BCUT2D eigenvalue weighted by atomic mass is 10.2. The largest absolute Gasteiger partial charge is 0.488 e. The van der Waals surface area contributed by atoms with Crippen LogP contribution >= 0.6 is 15.9 Å². The molecule has 1 rings (SSSR count). The summed E-state index contributed by atoms with van der Waals surface area (Å²) in [5, 5.41) is 5.25. The molecule has 8 nitrogen and oxygen atoms in total. The molecule has 1 aromatic rings. The van der Waals surface area contributed by atoms with Gasteiger partial charge in [-0.3, -0.25) is 0 Å². The van der Waals surface area contributed by atoms with Crippen molar-refractivity contribution in [3.8, 4) is 11.5 Å². The highest BCUT2D eigenvalue weighted by molar-refractivity contribution is 9.10. The van der Waals surface area contributed by atoms with Crippen molar-refractivity contribution < 1.29 is 28.5 Å². The Hall–Kier alpha value is -2.16. The maximum absolute atomic E-state index is 11.6. The van der Waals surface area contributed by atoms with E-state index in [-0.39, 0.29) is 26.3 Å². The lowest BCUT2D eigenvalue weighted by molar-refractivity contribution is 0.0507. The van der Waals surface area contributed by atoms with Gasteiger partial charge >= 0.3 is 12.2 Å². The summed E-state index contributed by atoms with van der Waals surface area (Å²) in [5.41, 5.74) is -1.10. The van der Waals surface area contributed by atoms with Gasteiger partial charge in [-0.2, -0.15) is 0 Å². The third kappa shape index (κ3) is 12.1. The van der Waals surface area contributed by atoms with Crippen molar-refractivity contribution >= 4 is 28.1 Å². The predicted octanol–water partition coefficient (Wildman–Crippen LogP) is 4.26. The molecule has 1 aromatic carbocycles. The van der Waals surface area contributed by atoms with Crippen LogP contribution in [0.5, 0.6) is 11.5 Å². The molecule has 0 saturated heterocycles. The van der Waals surface area contributed by atoms with Gasteiger partial charge in [0, 0.05) is 4.47 Å². The summed E-state index contributed by atoms with van der Waals surface area (Å²) in [5.74, 6) is 1.04. The highest BCUT2D eigenvalue weighted by Crippen LogP contribution is 2.30. The summed E-state index contributed by atoms with van der Waals surface area (Å²) in [7, 11) is 0. The number of rotatable bonds is 8. The van der Waals surface area contributed by atoms with Gasteiger partial charge in [0.2, 0.25) is 0 Å². The van der Waals surface area contributed by atoms with Gasteiger partial charge in [0.25, 0.3) is 0 Å². The van der Waals surface area contributed by atoms with E-state index in [1.165, 1.54) is 0 Å². The molecule has 164 valence electrons. The van der Waals surface area contributed by atoms with Crippen LogP contribution in [0.4, 0.5) is 9.59 Å². The molecular weight excluding hydrogens is 444 g/mol. The smallest absolute Gasteiger partial charge is 0.407 e. The van der Waals surface area contributed by atoms with Gasteiger partial charge < -0.3 is 29.6 Å². The molecule has 0 aliphatic rings. The van der Waals surface area contributed by atoms with E-state index in [4.69, 9.17) is 18.9 Å². The Labute approximate surface area is 180 Å². The number of hydrogen-bond donors (Lipinski definition) is 2. The van der Waals surface area contributed by atoms with Crippen LogP contribution in [0.25, 0.3) is 0 Å². The van der Waals surface area contributed by atoms with E-state index < -0.39 is 23.4 Å². The van der Waals surface area contributed by atoms with E-state index in [0.717, 1.165) is 4.47 Å². The molecule has 2 amide bonds. The van der Waals surface area contributed by atoms with Gasteiger partial charge in [0.15, 0.2) is 11.5 Å². The van der Waals surface area contributed by atoms with Crippen LogP contribution in [0.2, 0.25) is 0 Å². The second-order valence-corrected chi connectivity index (χ2v) is 9.06. The molecule has 0 aliphatic carbocycles. The molecule has 0 radical (unpaired) electrons. The van der Waals surface area contributed by atoms with E-state index in [1.807, 2.05) is 6.07 Å². The van der Waals surface area contributed by atoms with Gasteiger partial charge in [0.1, 0.15) is 24.4 Å². The third-order valence-corrected chi connectivity index (χ3v) is 3.45. The Balaban J connectivity index is 2.43. The molecule has 0 spiro atoms. The van der Waals surface area contributed by atoms with Crippen LogP contribution in [0.1, 0.15) is 41.5 Å². The summed E-state index contributed by atoms with van der Waals surface area (Å²) < 4.78 is 22.5. The van der Waals surface area contributed by atoms with Gasteiger partial charge in [0.05, 0.1) is 13.1 Å². The van der Waals surface area contributed by atoms with Gasteiger partial charge in [-0.15, -0.1) is 0 Å². The fourth-order valence-corrected chi connectivity index (χ4v) is 2.31. The number of carbonyl (C=O) groups is 2. The quantitative estimate of drug-likeness (QED) is 0.546. The summed E-state index contributed by atoms with van der Waals surface area (Å²) in [4.78, 5) is 23.3. The summed E-state index contributed by atoms with van der Waals surface area (Å²) >= 11 is 3.39.